The Morgan fingerprint density at radius 1 is 1.24 bits per heavy atom. The molecule has 0 saturated heterocycles. The molecular weight excluding hydrogens is 214 g/mol. The van der Waals surface area contributed by atoms with Gasteiger partial charge >= 0.3 is 5.97 Å². The van der Waals surface area contributed by atoms with Gasteiger partial charge in [0.15, 0.2) is 0 Å². The summed E-state index contributed by atoms with van der Waals surface area (Å²) in [5.74, 6) is 0.0895. The number of benzene rings is 1. The van der Waals surface area contributed by atoms with Crippen molar-refractivity contribution in [1.29, 1.82) is 0 Å². The Bertz CT molecular complexity index is 372. The molecule has 1 aromatic carbocycles. The average Bonchev–Trinajstić information content (AvgIpc) is 2.25. The molecule has 1 aromatic rings. The largest absolute Gasteiger partial charge is 0.462 e. The van der Waals surface area contributed by atoms with E-state index in [-0.39, 0.29) is 12.0 Å². The molecule has 3 heteroatoms. The summed E-state index contributed by atoms with van der Waals surface area (Å²) in [6, 6.07) is 7.72. The fraction of sp³-hybridized carbons (Fsp3) is 0.500. The number of carbonyl (C=O) groups excluding carboxylic acids is 1. The zero-order valence-corrected chi connectivity index (χ0v) is 11.0. The summed E-state index contributed by atoms with van der Waals surface area (Å²) in [6.07, 6.45) is 0. The summed E-state index contributed by atoms with van der Waals surface area (Å²) >= 11 is 0. The Labute approximate surface area is 103 Å². The number of rotatable bonds is 5. The molecule has 3 nitrogen and oxygen atoms in total. The summed E-state index contributed by atoms with van der Waals surface area (Å²) in [5.41, 5.74) is 1.43. The molecule has 1 rings (SSSR count). The van der Waals surface area contributed by atoms with Crippen LogP contribution < -0.4 is 5.32 Å². The molecule has 0 bridgehead atoms. The molecule has 94 valence electrons. The van der Waals surface area contributed by atoms with Gasteiger partial charge in [-0.15, -0.1) is 0 Å². The number of hydrogen-bond acceptors (Lipinski definition) is 3. The Kier molecular flexibility index (Phi) is 5.01. The first kappa shape index (κ1) is 13.6. The number of anilines is 1. The molecule has 0 atom stereocenters. The van der Waals surface area contributed by atoms with Gasteiger partial charge in [-0.05, 0) is 31.9 Å². The van der Waals surface area contributed by atoms with Gasteiger partial charge < -0.3 is 10.1 Å². The number of nitrogens with one attached hydrogen (secondary N) is 1. The lowest BCUT2D eigenvalue weighted by atomic mass is 10.1. The number of carbonyl (C=O) groups is 1. The minimum Gasteiger partial charge on any atom is -0.462 e. The van der Waals surface area contributed by atoms with E-state index in [2.05, 4.69) is 5.32 Å². The van der Waals surface area contributed by atoms with E-state index in [0.717, 1.165) is 5.69 Å². The van der Waals surface area contributed by atoms with Crippen molar-refractivity contribution in [2.75, 3.05) is 11.9 Å². The van der Waals surface area contributed by atoms with Gasteiger partial charge in [0.2, 0.25) is 0 Å². The molecule has 0 fully saturated rings. The van der Waals surface area contributed by atoms with Crippen molar-refractivity contribution >= 4 is 11.7 Å². The van der Waals surface area contributed by atoms with Crippen LogP contribution in [0, 0.1) is 5.92 Å². The van der Waals surface area contributed by atoms with E-state index in [4.69, 9.17) is 4.74 Å². The molecule has 0 amide bonds. The highest BCUT2D eigenvalue weighted by molar-refractivity contribution is 5.95. The zero-order chi connectivity index (χ0) is 12.8. The number of esters is 1. The summed E-state index contributed by atoms with van der Waals surface area (Å²) < 4.78 is 5.23. The van der Waals surface area contributed by atoms with Gasteiger partial charge in [-0.2, -0.15) is 0 Å². The summed E-state index contributed by atoms with van der Waals surface area (Å²) in [7, 11) is 0. The molecule has 0 aliphatic rings. The van der Waals surface area contributed by atoms with Crippen LogP contribution in [0.3, 0.4) is 0 Å². The lowest BCUT2D eigenvalue weighted by Crippen LogP contribution is -2.16. The summed E-state index contributed by atoms with van der Waals surface area (Å²) in [4.78, 5) is 11.9. The first-order valence-electron chi connectivity index (χ1n) is 6.03. The highest BCUT2D eigenvalue weighted by Gasteiger charge is 2.13. The quantitative estimate of drug-likeness (QED) is 0.796. The molecule has 0 spiro atoms. The molecule has 0 saturated carbocycles. The second-order valence-electron chi connectivity index (χ2n) is 4.84. The fourth-order valence-electron chi connectivity index (χ4n) is 1.42. The maximum atomic E-state index is 11.9. The van der Waals surface area contributed by atoms with E-state index in [0.29, 0.717) is 18.1 Å². The second-order valence-corrected chi connectivity index (χ2v) is 4.84. The molecule has 0 aliphatic carbocycles. The molecule has 0 aliphatic heterocycles. The van der Waals surface area contributed by atoms with Crippen LogP contribution in [0.5, 0.6) is 0 Å². The van der Waals surface area contributed by atoms with E-state index in [1.54, 1.807) is 6.07 Å². The fourth-order valence-corrected chi connectivity index (χ4v) is 1.42. The van der Waals surface area contributed by atoms with Crippen LogP contribution in [0.15, 0.2) is 24.3 Å². The smallest absolute Gasteiger partial charge is 0.340 e. The van der Waals surface area contributed by atoms with Gasteiger partial charge in [0, 0.05) is 11.7 Å². The van der Waals surface area contributed by atoms with E-state index < -0.39 is 0 Å². The van der Waals surface area contributed by atoms with E-state index >= 15 is 0 Å². The molecular formula is C14H21NO2. The predicted octanol–water partition coefficient (Wildman–Crippen LogP) is 3.32. The molecule has 1 N–H and O–H groups in total. The molecule has 0 unspecified atom stereocenters. The van der Waals surface area contributed by atoms with Crippen LogP contribution >= 0.6 is 0 Å². The SMILES string of the molecule is CC(C)COC(=O)c1ccccc1NC(C)C. The Morgan fingerprint density at radius 2 is 1.88 bits per heavy atom. The van der Waals surface area contributed by atoms with Crippen LogP contribution in [0.2, 0.25) is 0 Å². The van der Waals surface area contributed by atoms with Crippen molar-refractivity contribution in [3.63, 3.8) is 0 Å². The third-order valence-electron chi connectivity index (χ3n) is 2.14. The van der Waals surface area contributed by atoms with Crippen LogP contribution in [-0.2, 0) is 4.74 Å². The maximum Gasteiger partial charge on any atom is 0.340 e. The van der Waals surface area contributed by atoms with Gasteiger partial charge in [0.25, 0.3) is 0 Å². The number of hydrogen-bond donors (Lipinski definition) is 1. The summed E-state index contributed by atoms with van der Waals surface area (Å²) in [5, 5.41) is 3.24. The maximum absolute atomic E-state index is 11.9. The van der Waals surface area contributed by atoms with E-state index in [1.807, 2.05) is 45.9 Å². The Morgan fingerprint density at radius 3 is 2.47 bits per heavy atom. The van der Waals surface area contributed by atoms with Crippen LogP contribution in [0.1, 0.15) is 38.1 Å². The molecule has 0 radical (unpaired) electrons. The Balaban J connectivity index is 2.78. The second kappa shape index (κ2) is 6.28. The van der Waals surface area contributed by atoms with Crippen molar-refractivity contribution in [1.82, 2.24) is 0 Å². The minimum atomic E-state index is -0.262. The molecule has 0 aromatic heterocycles. The van der Waals surface area contributed by atoms with Gasteiger partial charge in [-0.3, -0.25) is 0 Å². The standard InChI is InChI=1S/C14H21NO2/c1-10(2)9-17-14(16)12-7-5-6-8-13(12)15-11(3)4/h5-8,10-11,15H,9H2,1-4H3. The highest BCUT2D eigenvalue weighted by atomic mass is 16.5. The van der Waals surface area contributed by atoms with Crippen LogP contribution in [-0.4, -0.2) is 18.6 Å². The lowest BCUT2D eigenvalue weighted by Gasteiger charge is -2.14. The van der Waals surface area contributed by atoms with Gasteiger partial charge in [0.1, 0.15) is 0 Å². The van der Waals surface area contributed by atoms with Gasteiger partial charge in [-0.1, -0.05) is 26.0 Å². The van der Waals surface area contributed by atoms with Crippen molar-refractivity contribution < 1.29 is 9.53 Å². The van der Waals surface area contributed by atoms with Crippen LogP contribution in [0.4, 0.5) is 5.69 Å². The summed E-state index contributed by atoms with van der Waals surface area (Å²) in [6.45, 7) is 8.57. The topological polar surface area (TPSA) is 38.3 Å². The van der Waals surface area contributed by atoms with Crippen molar-refractivity contribution in [2.24, 2.45) is 5.92 Å². The highest BCUT2D eigenvalue weighted by Crippen LogP contribution is 2.17. The number of ether oxygens (including phenoxy) is 1. The van der Waals surface area contributed by atoms with Crippen molar-refractivity contribution in [2.45, 2.75) is 33.7 Å². The van der Waals surface area contributed by atoms with Crippen LogP contribution in [0.25, 0.3) is 0 Å². The Hall–Kier alpha value is -1.51. The average molecular weight is 235 g/mol. The first-order chi connectivity index (χ1) is 8.00. The van der Waals surface area contributed by atoms with Crippen molar-refractivity contribution in [3.8, 4) is 0 Å². The van der Waals surface area contributed by atoms with Crippen molar-refractivity contribution in [3.05, 3.63) is 29.8 Å². The predicted molar refractivity (Wildman–Crippen MR) is 70.3 cm³/mol. The normalized spacial score (nSPS) is 10.7. The zero-order valence-electron chi connectivity index (χ0n) is 11.0. The third kappa shape index (κ3) is 4.47. The first-order valence-corrected chi connectivity index (χ1v) is 6.03. The molecule has 0 heterocycles. The molecule has 17 heavy (non-hydrogen) atoms. The van der Waals surface area contributed by atoms with E-state index in [1.165, 1.54) is 0 Å². The third-order valence-corrected chi connectivity index (χ3v) is 2.14. The lowest BCUT2D eigenvalue weighted by molar-refractivity contribution is 0.0460. The van der Waals surface area contributed by atoms with E-state index in [9.17, 15) is 4.79 Å². The van der Waals surface area contributed by atoms with Gasteiger partial charge in [-0.25, -0.2) is 4.79 Å². The monoisotopic (exact) mass is 235 g/mol. The minimum absolute atomic E-state index is 0.262. The number of para-hydroxylation sites is 1. The van der Waals surface area contributed by atoms with Gasteiger partial charge in [0.05, 0.1) is 12.2 Å².